The van der Waals surface area contributed by atoms with Crippen molar-refractivity contribution >= 4 is 0 Å². The first-order chi connectivity index (χ1) is 13.7. The van der Waals surface area contributed by atoms with Crippen LogP contribution in [0.25, 0.3) is 0 Å². The molecule has 164 valence electrons. The first-order valence-electron chi connectivity index (χ1n) is 13.1. The van der Waals surface area contributed by atoms with E-state index in [0.29, 0.717) is 10.8 Å². The predicted octanol–water partition coefficient (Wildman–Crippen LogP) is 7.24. The van der Waals surface area contributed by atoms with Crippen LogP contribution in [0.4, 0.5) is 0 Å². The molecule has 0 bridgehead atoms. The Hall–Kier alpha value is -0.300. The van der Waals surface area contributed by atoms with Crippen molar-refractivity contribution in [3.8, 4) is 0 Å². The van der Waals surface area contributed by atoms with Gasteiger partial charge in [-0.1, -0.05) is 46.3 Å². The molecule has 0 amide bonds. The molecule has 10 unspecified atom stereocenters. The summed E-state index contributed by atoms with van der Waals surface area (Å²) < 4.78 is 0. The van der Waals surface area contributed by atoms with E-state index in [0.717, 1.165) is 60.2 Å². The van der Waals surface area contributed by atoms with Crippen LogP contribution in [0.3, 0.4) is 0 Å². The maximum atomic E-state index is 10.2. The molecule has 1 heteroatoms. The zero-order chi connectivity index (χ0) is 20.6. The summed E-state index contributed by atoms with van der Waals surface area (Å²) >= 11 is 0. The highest BCUT2D eigenvalue weighted by Gasteiger charge is 2.60. The third kappa shape index (κ3) is 3.19. The summed E-state index contributed by atoms with van der Waals surface area (Å²) in [7, 11) is 0. The SMILES string of the molecule is CC(C)CC1CC1C(C)C1CCC2C3CC=C4CC(O)CCC4(C)C3CCC12C. The lowest BCUT2D eigenvalue weighted by Crippen LogP contribution is -2.50. The predicted molar refractivity (Wildman–Crippen MR) is 121 cm³/mol. The van der Waals surface area contributed by atoms with E-state index in [-0.39, 0.29) is 6.10 Å². The number of rotatable bonds is 4. The fourth-order valence-electron chi connectivity index (χ4n) is 9.64. The Labute approximate surface area is 180 Å². The third-order valence-electron chi connectivity index (χ3n) is 11.2. The van der Waals surface area contributed by atoms with Gasteiger partial charge in [0.1, 0.15) is 0 Å². The van der Waals surface area contributed by atoms with Gasteiger partial charge in [-0.2, -0.15) is 0 Å². The monoisotopic (exact) mass is 398 g/mol. The van der Waals surface area contributed by atoms with Crippen molar-refractivity contribution in [2.45, 2.75) is 105 Å². The summed E-state index contributed by atoms with van der Waals surface area (Å²) in [5, 5.41) is 10.2. The Balaban J connectivity index is 1.34. The van der Waals surface area contributed by atoms with Crippen LogP contribution in [0.1, 0.15) is 98.8 Å². The van der Waals surface area contributed by atoms with E-state index in [1.54, 1.807) is 5.57 Å². The molecule has 10 atom stereocenters. The molecule has 5 rings (SSSR count). The molecular weight excluding hydrogens is 352 g/mol. The van der Waals surface area contributed by atoms with Crippen LogP contribution < -0.4 is 0 Å². The maximum Gasteiger partial charge on any atom is 0.0577 e. The Kier molecular flexibility index (Phi) is 5.05. The van der Waals surface area contributed by atoms with Gasteiger partial charge in [0.15, 0.2) is 0 Å². The van der Waals surface area contributed by atoms with Gasteiger partial charge in [-0.05, 0) is 122 Å². The summed E-state index contributed by atoms with van der Waals surface area (Å²) in [6, 6.07) is 0. The van der Waals surface area contributed by atoms with E-state index in [9.17, 15) is 5.11 Å². The Morgan fingerprint density at radius 3 is 2.59 bits per heavy atom. The Morgan fingerprint density at radius 1 is 1.03 bits per heavy atom. The van der Waals surface area contributed by atoms with Crippen molar-refractivity contribution in [1.82, 2.24) is 0 Å². The first kappa shape index (κ1) is 20.6. The molecule has 0 aromatic heterocycles. The molecule has 0 aromatic rings. The van der Waals surface area contributed by atoms with Crippen LogP contribution in [0, 0.1) is 58.2 Å². The van der Waals surface area contributed by atoms with Gasteiger partial charge in [-0.25, -0.2) is 0 Å². The molecule has 0 saturated heterocycles. The quantitative estimate of drug-likeness (QED) is 0.495. The first-order valence-corrected chi connectivity index (χ1v) is 13.1. The van der Waals surface area contributed by atoms with E-state index in [2.05, 4.69) is 40.7 Å². The van der Waals surface area contributed by atoms with Gasteiger partial charge in [0.25, 0.3) is 0 Å². The van der Waals surface area contributed by atoms with Crippen LogP contribution in [-0.4, -0.2) is 11.2 Å². The molecule has 0 aromatic carbocycles. The number of allylic oxidation sites excluding steroid dienone is 1. The van der Waals surface area contributed by atoms with Crippen molar-refractivity contribution in [1.29, 1.82) is 0 Å². The lowest BCUT2D eigenvalue weighted by Gasteiger charge is -2.58. The average Bonchev–Trinajstić information content (AvgIpc) is 3.32. The van der Waals surface area contributed by atoms with Gasteiger partial charge >= 0.3 is 0 Å². The molecule has 0 radical (unpaired) electrons. The third-order valence-corrected chi connectivity index (χ3v) is 11.2. The summed E-state index contributed by atoms with van der Waals surface area (Å²) in [6.07, 6.45) is 16.0. The summed E-state index contributed by atoms with van der Waals surface area (Å²) in [4.78, 5) is 0. The zero-order valence-electron chi connectivity index (χ0n) is 19.8. The van der Waals surface area contributed by atoms with Crippen molar-refractivity contribution in [3.63, 3.8) is 0 Å². The van der Waals surface area contributed by atoms with Crippen LogP contribution in [0.2, 0.25) is 0 Å². The van der Waals surface area contributed by atoms with E-state index in [4.69, 9.17) is 0 Å². The highest BCUT2D eigenvalue weighted by atomic mass is 16.3. The highest BCUT2D eigenvalue weighted by molar-refractivity contribution is 5.25. The molecular formula is C28H46O. The Bertz CT molecular complexity index is 663. The number of fused-ring (bicyclic) bond motifs is 5. The minimum Gasteiger partial charge on any atom is -0.393 e. The summed E-state index contributed by atoms with van der Waals surface area (Å²) in [5.41, 5.74) is 2.62. The van der Waals surface area contributed by atoms with Gasteiger partial charge < -0.3 is 5.11 Å². The average molecular weight is 399 g/mol. The normalized spacial score (nSPS) is 52.4. The Morgan fingerprint density at radius 2 is 1.83 bits per heavy atom. The van der Waals surface area contributed by atoms with E-state index < -0.39 is 0 Å². The fourth-order valence-corrected chi connectivity index (χ4v) is 9.64. The minimum atomic E-state index is -0.0752. The topological polar surface area (TPSA) is 20.2 Å². The molecule has 4 fully saturated rings. The smallest absolute Gasteiger partial charge is 0.0577 e. The van der Waals surface area contributed by atoms with Crippen molar-refractivity contribution < 1.29 is 5.11 Å². The zero-order valence-corrected chi connectivity index (χ0v) is 19.8. The van der Waals surface area contributed by atoms with Crippen LogP contribution in [0.5, 0.6) is 0 Å². The van der Waals surface area contributed by atoms with Crippen molar-refractivity contribution in [3.05, 3.63) is 11.6 Å². The molecule has 5 aliphatic rings. The molecule has 0 heterocycles. The standard InChI is InChI=1S/C28H46O/c1-17(2)14-19-15-23(19)18(3)24-8-9-25-22-7-6-20-16-21(29)10-12-27(20,4)26(22)11-13-28(24,25)5/h6,17-19,21-26,29H,7-16H2,1-5H3. The van der Waals surface area contributed by atoms with Gasteiger partial charge in [0.2, 0.25) is 0 Å². The van der Waals surface area contributed by atoms with Gasteiger partial charge in [-0.3, -0.25) is 0 Å². The molecule has 0 spiro atoms. The summed E-state index contributed by atoms with van der Waals surface area (Å²) in [5.74, 6) is 7.62. The second-order valence-corrected chi connectivity index (χ2v) is 13.0. The van der Waals surface area contributed by atoms with Gasteiger partial charge in [0.05, 0.1) is 6.10 Å². The fraction of sp³-hybridized carbons (Fsp3) is 0.929. The van der Waals surface area contributed by atoms with E-state index in [1.165, 1.54) is 51.4 Å². The largest absolute Gasteiger partial charge is 0.393 e. The summed E-state index contributed by atoms with van der Waals surface area (Å²) in [6.45, 7) is 12.7. The number of hydrogen-bond acceptors (Lipinski definition) is 1. The van der Waals surface area contributed by atoms with Crippen molar-refractivity contribution in [2.24, 2.45) is 58.2 Å². The van der Waals surface area contributed by atoms with Crippen LogP contribution in [-0.2, 0) is 0 Å². The minimum absolute atomic E-state index is 0.0752. The molecule has 1 nitrogen and oxygen atoms in total. The van der Waals surface area contributed by atoms with Gasteiger partial charge in [-0.15, -0.1) is 0 Å². The lowest BCUT2D eigenvalue weighted by molar-refractivity contribution is -0.0584. The maximum absolute atomic E-state index is 10.2. The molecule has 5 aliphatic carbocycles. The number of aliphatic hydroxyl groups excluding tert-OH is 1. The molecule has 4 saturated carbocycles. The molecule has 0 aliphatic heterocycles. The number of aliphatic hydroxyl groups is 1. The number of hydrogen-bond donors (Lipinski definition) is 1. The second-order valence-electron chi connectivity index (χ2n) is 13.0. The van der Waals surface area contributed by atoms with Crippen LogP contribution in [0.15, 0.2) is 11.6 Å². The van der Waals surface area contributed by atoms with Gasteiger partial charge in [0, 0.05) is 0 Å². The highest BCUT2D eigenvalue weighted by Crippen LogP contribution is 2.68. The van der Waals surface area contributed by atoms with Crippen LogP contribution >= 0.6 is 0 Å². The van der Waals surface area contributed by atoms with E-state index >= 15 is 0 Å². The lowest BCUT2D eigenvalue weighted by atomic mass is 9.47. The second kappa shape index (κ2) is 7.11. The molecule has 29 heavy (non-hydrogen) atoms. The molecule has 1 N–H and O–H groups in total. The van der Waals surface area contributed by atoms with E-state index in [1.807, 2.05) is 0 Å². The van der Waals surface area contributed by atoms with Crippen molar-refractivity contribution in [2.75, 3.05) is 0 Å².